The first-order valence-electron chi connectivity index (χ1n) is 4.68. The van der Waals surface area contributed by atoms with Crippen molar-refractivity contribution in [2.75, 3.05) is 6.54 Å². The van der Waals surface area contributed by atoms with E-state index in [4.69, 9.17) is 0 Å². The van der Waals surface area contributed by atoms with Gasteiger partial charge in [0, 0.05) is 0 Å². The average Bonchev–Trinajstić information content (AvgIpc) is 1.75. The SMILES string of the molecule is [CH3][Sn]([CH3])([CH3])[N](CC(F)(F)F)[Sn]([CH3])([CH3])[CH3]. The van der Waals surface area contributed by atoms with Crippen molar-refractivity contribution in [2.45, 2.75) is 35.8 Å². The van der Waals surface area contributed by atoms with E-state index in [0.717, 1.165) is 0 Å². The summed E-state index contributed by atoms with van der Waals surface area (Å²) in [7, 11) is 0. The fourth-order valence-electron chi connectivity index (χ4n) is 1.66. The second kappa shape index (κ2) is 4.69. The molecule has 0 saturated heterocycles. The Morgan fingerprint density at radius 2 is 1.14 bits per heavy atom. The molecule has 0 aliphatic heterocycles. The molecule has 6 heteroatoms. The molecule has 0 aromatic carbocycles. The van der Waals surface area contributed by atoms with E-state index in [9.17, 15) is 13.2 Å². The van der Waals surface area contributed by atoms with Crippen LogP contribution in [0.1, 0.15) is 0 Å². The molecule has 0 radical (unpaired) electrons. The van der Waals surface area contributed by atoms with Crippen LogP contribution in [-0.4, -0.2) is 51.4 Å². The third-order valence-electron chi connectivity index (χ3n) is 1.96. The summed E-state index contributed by atoms with van der Waals surface area (Å²) >= 11 is -5.13. The Kier molecular flexibility index (Phi) is 5.14. The Labute approximate surface area is 93.5 Å². The van der Waals surface area contributed by atoms with Crippen molar-refractivity contribution in [3.8, 4) is 0 Å². The Hall–Kier alpha value is 1.35. The van der Waals surface area contributed by atoms with Gasteiger partial charge in [-0.15, -0.1) is 0 Å². The van der Waals surface area contributed by atoms with Crippen molar-refractivity contribution in [2.24, 2.45) is 0 Å². The number of alkyl halides is 3. The Morgan fingerprint density at radius 1 is 0.857 bits per heavy atom. The van der Waals surface area contributed by atoms with Crippen molar-refractivity contribution in [1.82, 2.24) is 1.34 Å². The van der Waals surface area contributed by atoms with Gasteiger partial charge in [-0.05, 0) is 0 Å². The van der Waals surface area contributed by atoms with E-state index < -0.39 is 50.0 Å². The first-order chi connectivity index (χ1) is 5.84. The minimum atomic E-state index is -4.03. The van der Waals surface area contributed by atoms with E-state index in [2.05, 4.69) is 29.6 Å². The first kappa shape index (κ1) is 15.3. The molecule has 0 atom stereocenters. The second-order valence-corrected chi connectivity index (χ2v) is 37.1. The summed E-state index contributed by atoms with van der Waals surface area (Å²) in [4.78, 5) is 12.3. The van der Waals surface area contributed by atoms with Crippen LogP contribution < -0.4 is 0 Å². The molecule has 0 aromatic rings. The zero-order chi connectivity index (χ0) is 11.8. The Bertz CT molecular complexity index is 176. The van der Waals surface area contributed by atoms with Crippen LogP contribution in [0.4, 0.5) is 13.2 Å². The third-order valence-corrected chi connectivity index (χ3v) is 37.8. The minimum absolute atomic E-state index is 0.674. The van der Waals surface area contributed by atoms with Crippen molar-refractivity contribution < 1.29 is 13.2 Å². The monoisotopic (exact) mass is 427 g/mol. The molecule has 0 aromatic heterocycles. The van der Waals surface area contributed by atoms with Crippen LogP contribution in [0, 0.1) is 0 Å². The molecule has 14 heavy (non-hydrogen) atoms. The molecule has 0 unspecified atom stereocenters. The van der Waals surface area contributed by atoms with E-state index in [1.165, 1.54) is 0 Å². The average molecular weight is 425 g/mol. The zero-order valence-electron chi connectivity index (χ0n) is 9.79. The number of rotatable bonds is 3. The summed E-state index contributed by atoms with van der Waals surface area (Å²) in [6, 6.07) is 0. The normalized spacial score (nSPS) is 15.0. The van der Waals surface area contributed by atoms with E-state index in [1.54, 1.807) is 0 Å². The van der Waals surface area contributed by atoms with Gasteiger partial charge in [0.25, 0.3) is 0 Å². The van der Waals surface area contributed by atoms with Crippen LogP contribution in [0.2, 0.25) is 29.6 Å². The number of nitrogens with zero attached hydrogens (tertiary/aromatic N) is 1. The summed E-state index contributed by atoms with van der Waals surface area (Å²) < 4.78 is 39.1. The van der Waals surface area contributed by atoms with Gasteiger partial charge in [0.2, 0.25) is 0 Å². The quantitative estimate of drug-likeness (QED) is 0.627. The van der Waals surface area contributed by atoms with Crippen LogP contribution in [0.25, 0.3) is 0 Å². The molecule has 0 heterocycles. The van der Waals surface area contributed by atoms with Gasteiger partial charge in [0.05, 0.1) is 0 Å². The predicted molar refractivity (Wildman–Crippen MR) is 59.5 cm³/mol. The van der Waals surface area contributed by atoms with Gasteiger partial charge in [-0.1, -0.05) is 0 Å². The van der Waals surface area contributed by atoms with Gasteiger partial charge in [-0.3, -0.25) is 0 Å². The van der Waals surface area contributed by atoms with E-state index in [-0.39, 0.29) is 0 Å². The zero-order valence-corrected chi connectivity index (χ0v) is 15.5. The molecule has 0 fully saturated rings. The summed E-state index contributed by atoms with van der Waals surface area (Å²) in [5.41, 5.74) is 0. The van der Waals surface area contributed by atoms with E-state index in [1.807, 2.05) is 1.34 Å². The molecule has 0 spiro atoms. The van der Waals surface area contributed by atoms with Gasteiger partial charge in [-0.25, -0.2) is 0 Å². The van der Waals surface area contributed by atoms with Crippen molar-refractivity contribution in [3.05, 3.63) is 0 Å². The molecular weight excluding hydrogens is 405 g/mol. The van der Waals surface area contributed by atoms with Crippen molar-refractivity contribution in [3.63, 3.8) is 0 Å². The van der Waals surface area contributed by atoms with Gasteiger partial charge < -0.3 is 0 Å². The molecule has 0 bridgehead atoms. The number of halogens is 3. The fraction of sp³-hybridized carbons (Fsp3) is 1.00. The predicted octanol–water partition coefficient (Wildman–Crippen LogP) is 3.52. The summed E-state index contributed by atoms with van der Waals surface area (Å²) in [5, 5.41) is 0. The molecule has 0 aliphatic rings. The summed E-state index contributed by atoms with van der Waals surface area (Å²) in [6.07, 6.45) is -4.03. The molecule has 1 nitrogen and oxygen atoms in total. The molecule has 0 N–H and O–H groups in total. The van der Waals surface area contributed by atoms with Gasteiger partial charge >= 0.3 is 94.2 Å². The van der Waals surface area contributed by atoms with Crippen LogP contribution >= 0.6 is 0 Å². The first-order valence-corrected chi connectivity index (χ1v) is 24.4. The molecule has 0 rings (SSSR count). The van der Waals surface area contributed by atoms with Crippen molar-refractivity contribution in [1.29, 1.82) is 0 Å². The summed E-state index contributed by atoms with van der Waals surface area (Å²) in [5.74, 6) is 0. The van der Waals surface area contributed by atoms with E-state index in [0.29, 0.717) is 0 Å². The maximum absolute atomic E-state index is 12.4. The summed E-state index contributed by atoms with van der Waals surface area (Å²) in [6.45, 7) is -0.674. The van der Waals surface area contributed by atoms with Crippen LogP contribution in [0.3, 0.4) is 0 Å². The van der Waals surface area contributed by atoms with Crippen LogP contribution in [0.15, 0.2) is 0 Å². The Morgan fingerprint density at radius 3 is 1.21 bits per heavy atom. The Balaban J connectivity index is 4.78. The molecule has 0 amide bonds. The molecule has 86 valence electrons. The third kappa shape index (κ3) is 6.05. The molecule has 0 aliphatic carbocycles. The fourth-order valence-corrected chi connectivity index (χ4v) is 49.7. The topological polar surface area (TPSA) is 3.24 Å². The van der Waals surface area contributed by atoms with E-state index >= 15 is 0 Å². The van der Waals surface area contributed by atoms with Crippen LogP contribution in [-0.2, 0) is 0 Å². The molecular formula is C8H20F3NSn2. The maximum atomic E-state index is 12.4. The van der Waals surface area contributed by atoms with Crippen LogP contribution in [0.5, 0.6) is 0 Å². The number of hydrogen-bond acceptors (Lipinski definition) is 1. The van der Waals surface area contributed by atoms with Gasteiger partial charge in [-0.2, -0.15) is 0 Å². The molecule has 0 saturated carbocycles. The van der Waals surface area contributed by atoms with Gasteiger partial charge in [0.1, 0.15) is 0 Å². The number of hydrogen-bond donors (Lipinski definition) is 0. The second-order valence-electron chi connectivity index (χ2n) is 5.54. The van der Waals surface area contributed by atoms with Gasteiger partial charge in [0.15, 0.2) is 0 Å². The standard InChI is InChI=1S/C2H2F3N.6CH3.2Sn/c3-2(4,5)1-6;;;;;;;;/h1H2;6*1H3;;. The van der Waals surface area contributed by atoms with Crippen molar-refractivity contribution >= 4 is 37.3 Å².